The quantitative estimate of drug-likeness (QED) is 0.828. The van der Waals surface area contributed by atoms with E-state index < -0.39 is 6.10 Å². The zero-order chi connectivity index (χ0) is 15.2. The third-order valence-electron chi connectivity index (χ3n) is 3.57. The molecule has 1 heterocycles. The van der Waals surface area contributed by atoms with Crippen molar-refractivity contribution in [3.63, 3.8) is 0 Å². The summed E-state index contributed by atoms with van der Waals surface area (Å²) in [6, 6.07) is 11.8. The highest BCUT2D eigenvalue weighted by Gasteiger charge is 2.14. The van der Waals surface area contributed by atoms with Crippen LogP contribution in [0.1, 0.15) is 29.7 Å². The molecule has 1 aromatic carbocycles. The van der Waals surface area contributed by atoms with Crippen molar-refractivity contribution in [3.8, 4) is 0 Å². The Hall–Kier alpha value is -1.42. The van der Waals surface area contributed by atoms with Gasteiger partial charge in [0.25, 0.3) is 0 Å². The minimum atomic E-state index is -0.499. The molecule has 1 atom stereocenters. The monoisotopic (exact) mass is 304 g/mol. The van der Waals surface area contributed by atoms with E-state index in [1.807, 2.05) is 43.3 Å². The van der Waals surface area contributed by atoms with Gasteiger partial charge in [0.05, 0.1) is 6.10 Å². The van der Waals surface area contributed by atoms with Crippen LogP contribution in [0.15, 0.2) is 42.6 Å². The van der Waals surface area contributed by atoms with Crippen molar-refractivity contribution in [2.24, 2.45) is 0 Å². The Morgan fingerprint density at radius 3 is 2.57 bits per heavy atom. The predicted octanol–water partition coefficient (Wildman–Crippen LogP) is 3.60. The number of rotatable bonds is 6. The normalized spacial score (nSPS) is 12.6. The van der Waals surface area contributed by atoms with Gasteiger partial charge in [-0.3, -0.25) is 4.90 Å². The lowest BCUT2D eigenvalue weighted by Gasteiger charge is -2.24. The minimum absolute atomic E-state index is 0.499. The first-order valence-corrected chi connectivity index (χ1v) is 7.54. The Morgan fingerprint density at radius 2 is 1.95 bits per heavy atom. The van der Waals surface area contributed by atoms with Gasteiger partial charge in [0.2, 0.25) is 0 Å². The van der Waals surface area contributed by atoms with Crippen LogP contribution in [0.4, 0.5) is 0 Å². The Morgan fingerprint density at radius 1 is 1.24 bits per heavy atom. The maximum absolute atomic E-state index is 10.4. The summed E-state index contributed by atoms with van der Waals surface area (Å²) in [6.45, 7) is 6.22. The number of pyridine rings is 1. The third kappa shape index (κ3) is 4.53. The molecule has 4 heteroatoms. The topological polar surface area (TPSA) is 36.4 Å². The summed E-state index contributed by atoms with van der Waals surface area (Å²) in [7, 11) is 0. The molecule has 0 spiro atoms. The van der Waals surface area contributed by atoms with Gasteiger partial charge >= 0.3 is 0 Å². The highest BCUT2D eigenvalue weighted by molar-refractivity contribution is 6.30. The molecule has 2 aromatic rings. The van der Waals surface area contributed by atoms with Crippen LogP contribution in [0.2, 0.25) is 5.15 Å². The number of benzene rings is 1. The molecule has 1 N–H and O–H groups in total. The van der Waals surface area contributed by atoms with Crippen LogP contribution < -0.4 is 0 Å². The molecule has 0 fully saturated rings. The number of aromatic nitrogens is 1. The van der Waals surface area contributed by atoms with E-state index in [9.17, 15) is 5.11 Å². The summed E-state index contributed by atoms with van der Waals surface area (Å²) < 4.78 is 0. The largest absolute Gasteiger partial charge is 0.387 e. The first-order chi connectivity index (χ1) is 10.1. The molecular formula is C17H21ClN2O. The molecule has 0 aliphatic carbocycles. The van der Waals surface area contributed by atoms with E-state index in [2.05, 4.69) is 16.8 Å². The van der Waals surface area contributed by atoms with Crippen molar-refractivity contribution in [2.45, 2.75) is 26.5 Å². The van der Waals surface area contributed by atoms with E-state index in [-0.39, 0.29) is 0 Å². The number of aliphatic hydroxyl groups is 1. The third-order valence-corrected chi connectivity index (χ3v) is 3.91. The standard InChI is InChI=1S/C17H21ClN2O/c1-3-20(11-15-5-4-10-19-17(15)18)12-16(21)14-8-6-13(2)7-9-14/h4-10,16,21H,3,11-12H2,1-2H3. The average Bonchev–Trinajstić information content (AvgIpc) is 2.49. The van der Waals surface area contributed by atoms with Gasteiger partial charge < -0.3 is 5.11 Å². The Labute approximate surface area is 131 Å². The highest BCUT2D eigenvalue weighted by Crippen LogP contribution is 2.18. The maximum Gasteiger partial charge on any atom is 0.133 e. The number of aryl methyl sites for hydroxylation is 1. The lowest BCUT2D eigenvalue weighted by molar-refractivity contribution is 0.112. The highest BCUT2D eigenvalue weighted by atomic mass is 35.5. The fourth-order valence-electron chi connectivity index (χ4n) is 2.22. The molecular weight excluding hydrogens is 284 g/mol. The molecule has 0 bridgehead atoms. The van der Waals surface area contributed by atoms with Gasteiger partial charge in [-0.05, 0) is 25.1 Å². The van der Waals surface area contributed by atoms with Gasteiger partial charge in [-0.1, -0.05) is 54.4 Å². The van der Waals surface area contributed by atoms with Gasteiger partial charge in [0, 0.05) is 24.8 Å². The molecule has 1 unspecified atom stereocenters. The molecule has 0 aliphatic rings. The fourth-order valence-corrected chi connectivity index (χ4v) is 2.40. The molecule has 0 radical (unpaired) electrons. The van der Waals surface area contributed by atoms with Crippen LogP contribution >= 0.6 is 11.6 Å². The number of aliphatic hydroxyl groups excluding tert-OH is 1. The van der Waals surface area contributed by atoms with E-state index in [1.54, 1.807) is 6.20 Å². The van der Waals surface area contributed by atoms with E-state index >= 15 is 0 Å². The van der Waals surface area contributed by atoms with Crippen molar-refractivity contribution in [2.75, 3.05) is 13.1 Å². The summed E-state index contributed by atoms with van der Waals surface area (Å²) >= 11 is 6.10. The number of hydrogen-bond donors (Lipinski definition) is 1. The number of nitrogens with zero attached hydrogens (tertiary/aromatic N) is 2. The second kappa shape index (κ2) is 7.55. The van der Waals surface area contributed by atoms with Crippen LogP contribution in [-0.2, 0) is 6.54 Å². The number of likely N-dealkylation sites (N-methyl/N-ethyl adjacent to an activating group) is 1. The van der Waals surface area contributed by atoms with E-state index in [0.717, 1.165) is 17.7 Å². The summed E-state index contributed by atoms with van der Waals surface area (Å²) in [6.07, 6.45) is 1.18. The molecule has 0 amide bonds. The molecule has 0 aliphatic heterocycles. The number of hydrogen-bond acceptors (Lipinski definition) is 3. The minimum Gasteiger partial charge on any atom is -0.387 e. The van der Waals surface area contributed by atoms with E-state index in [1.165, 1.54) is 5.56 Å². The molecule has 2 rings (SSSR count). The van der Waals surface area contributed by atoms with E-state index in [0.29, 0.717) is 18.2 Å². The molecule has 0 saturated heterocycles. The summed E-state index contributed by atoms with van der Waals surface area (Å²) in [5.74, 6) is 0. The van der Waals surface area contributed by atoms with Crippen LogP contribution in [-0.4, -0.2) is 28.1 Å². The molecule has 1 aromatic heterocycles. The Balaban J connectivity index is 2.02. The second-order valence-electron chi connectivity index (χ2n) is 5.21. The predicted molar refractivity (Wildman–Crippen MR) is 86.3 cm³/mol. The molecule has 21 heavy (non-hydrogen) atoms. The molecule has 0 saturated carbocycles. The fraction of sp³-hybridized carbons (Fsp3) is 0.353. The van der Waals surface area contributed by atoms with Gasteiger partial charge in [0.15, 0.2) is 0 Å². The van der Waals surface area contributed by atoms with E-state index in [4.69, 9.17) is 11.6 Å². The summed E-state index contributed by atoms with van der Waals surface area (Å²) in [5, 5.41) is 10.9. The van der Waals surface area contributed by atoms with Crippen molar-refractivity contribution in [3.05, 3.63) is 64.4 Å². The zero-order valence-electron chi connectivity index (χ0n) is 12.5. The Bertz CT molecular complexity index is 571. The zero-order valence-corrected chi connectivity index (χ0v) is 13.2. The van der Waals surface area contributed by atoms with Gasteiger partial charge in [-0.2, -0.15) is 0 Å². The lowest BCUT2D eigenvalue weighted by atomic mass is 10.1. The number of halogens is 1. The average molecular weight is 305 g/mol. The van der Waals surface area contributed by atoms with Crippen molar-refractivity contribution < 1.29 is 5.11 Å². The second-order valence-corrected chi connectivity index (χ2v) is 5.57. The summed E-state index contributed by atoms with van der Waals surface area (Å²) in [4.78, 5) is 6.25. The van der Waals surface area contributed by atoms with Crippen molar-refractivity contribution >= 4 is 11.6 Å². The first-order valence-electron chi connectivity index (χ1n) is 7.16. The van der Waals surface area contributed by atoms with Gasteiger partial charge in [0.1, 0.15) is 5.15 Å². The molecule has 112 valence electrons. The first kappa shape index (κ1) is 16.0. The molecule has 3 nitrogen and oxygen atoms in total. The van der Waals surface area contributed by atoms with Crippen molar-refractivity contribution in [1.29, 1.82) is 0 Å². The van der Waals surface area contributed by atoms with Gasteiger partial charge in [-0.25, -0.2) is 4.98 Å². The van der Waals surface area contributed by atoms with Crippen LogP contribution in [0, 0.1) is 6.92 Å². The van der Waals surface area contributed by atoms with Gasteiger partial charge in [-0.15, -0.1) is 0 Å². The van der Waals surface area contributed by atoms with Crippen LogP contribution in [0.3, 0.4) is 0 Å². The van der Waals surface area contributed by atoms with Crippen LogP contribution in [0.25, 0.3) is 0 Å². The maximum atomic E-state index is 10.4. The SMILES string of the molecule is CCN(Cc1cccnc1Cl)CC(O)c1ccc(C)cc1. The van der Waals surface area contributed by atoms with Crippen molar-refractivity contribution in [1.82, 2.24) is 9.88 Å². The van der Waals surface area contributed by atoms with Crippen LogP contribution in [0.5, 0.6) is 0 Å². The Kier molecular flexibility index (Phi) is 5.74. The lowest BCUT2D eigenvalue weighted by Crippen LogP contribution is -2.28. The smallest absolute Gasteiger partial charge is 0.133 e. The summed E-state index contributed by atoms with van der Waals surface area (Å²) in [5.41, 5.74) is 3.12.